The number of anilines is 1. The van der Waals surface area contributed by atoms with Crippen LogP contribution in [0.15, 0.2) is 12.4 Å². The van der Waals surface area contributed by atoms with Crippen LogP contribution in [-0.4, -0.2) is 48.8 Å². The first-order valence-electron chi connectivity index (χ1n) is 6.28. The highest BCUT2D eigenvalue weighted by molar-refractivity contribution is 5.87. The lowest BCUT2D eigenvalue weighted by molar-refractivity contribution is -0.00483. The first-order valence-corrected chi connectivity index (χ1v) is 6.28. The summed E-state index contributed by atoms with van der Waals surface area (Å²) in [7, 11) is 3.06. The average molecular weight is 265 g/mol. The average Bonchev–Trinajstić information content (AvgIpc) is 2.46. The largest absolute Gasteiger partial charge is 0.464 e. The highest BCUT2D eigenvalue weighted by Gasteiger charge is 2.31. The molecule has 0 bridgehead atoms. The number of aromatic nitrogens is 2. The van der Waals surface area contributed by atoms with Gasteiger partial charge in [0.25, 0.3) is 0 Å². The van der Waals surface area contributed by atoms with Gasteiger partial charge in [0.15, 0.2) is 5.69 Å². The molecule has 0 spiro atoms. The van der Waals surface area contributed by atoms with E-state index in [1.54, 1.807) is 13.3 Å². The Balaban J connectivity index is 2.19. The molecule has 1 aliphatic rings. The summed E-state index contributed by atoms with van der Waals surface area (Å²) in [6, 6.07) is 0. The summed E-state index contributed by atoms with van der Waals surface area (Å²) >= 11 is 0. The molecule has 1 unspecified atom stereocenters. The Kier molecular flexibility index (Phi) is 3.99. The Morgan fingerprint density at radius 1 is 1.42 bits per heavy atom. The van der Waals surface area contributed by atoms with E-state index in [0.29, 0.717) is 5.82 Å². The lowest BCUT2D eigenvalue weighted by atomic mass is 9.95. The highest BCUT2D eigenvalue weighted by Crippen LogP contribution is 2.26. The maximum Gasteiger partial charge on any atom is 0.358 e. The molecule has 19 heavy (non-hydrogen) atoms. The van der Waals surface area contributed by atoms with Gasteiger partial charge in [0.1, 0.15) is 5.82 Å². The number of carbonyl (C=O) groups is 1. The summed E-state index contributed by atoms with van der Waals surface area (Å²) in [6.07, 6.45) is 5.11. The van der Waals surface area contributed by atoms with Crippen molar-refractivity contribution in [1.82, 2.24) is 9.97 Å². The summed E-state index contributed by atoms with van der Waals surface area (Å²) in [6.45, 7) is 3.71. The van der Waals surface area contributed by atoms with E-state index in [9.17, 15) is 4.79 Å². The van der Waals surface area contributed by atoms with Gasteiger partial charge in [0, 0.05) is 20.2 Å². The third-order valence-electron chi connectivity index (χ3n) is 3.49. The predicted molar refractivity (Wildman–Crippen MR) is 70.2 cm³/mol. The van der Waals surface area contributed by atoms with E-state index in [4.69, 9.17) is 4.74 Å². The standard InChI is InChI=1S/C13H19N3O3/c1-13(19-3)5-4-6-16(9-13)11-8-14-7-10(15-11)12(17)18-2/h7-8H,4-6,9H2,1-3H3. The Morgan fingerprint density at radius 2 is 2.21 bits per heavy atom. The van der Waals surface area contributed by atoms with Crippen molar-refractivity contribution in [2.24, 2.45) is 0 Å². The fourth-order valence-corrected chi connectivity index (χ4v) is 2.28. The number of hydrogen-bond donors (Lipinski definition) is 0. The number of hydrogen-bond acceptors (Lipinski definition) is 6. The molecule has 1 aromatic heterocycles. The molecule has 1 aliphatic heterocycles. The SMILES string of the molecule is COC(=O)c1cncc(N2CCCC(C)(OC)C2)n1. The molecule has 0 aromatic carbocycles. The summed E-state index contributed by atoms with van der Waals surface area (Å²) in [5.41, 5.74) is 0.0472. The van der Waals surface area contributed by atoms with Crippen molar-refractivity contribution in [2.45, 2.75) is 25.4 Å². The minimum Gasteiger partial charge on any atom is -0.464 e. The first kappa shape index (κ1) is 13.7. The van der Waals surface area contributed by atoms with Gasteiger partial charge in [-0.2, -0.15) is 0 Å². The van der Waals surface area contributed by atoms with E-state index in [-0.39, 0.29) is 11.3 Å². The predicted octanol–water partition coefficient (Wildman–Crippen LogP) is 1.27. The molecule has 1 fully saturated rings. The second-order valence-electron chi connectivity index (χ2n) is 4.93. The molecule has 0 saturated carbocycles. The third-order valence-corrected chi connectivity index (χ3v) is 3.49. The van der Waals surface area contributed by atoms with Crippen LogP contribution < -0.4 is 4.90 Å². The summed E-state index contributed by atoms with van der Waals surface area (Å²) < 4.78 is 10.2. The quantitative estimate of drug-likeness (QED) is 0.767. The number of carbonyl (C=O) groups excluding carboxylic acids is 1. The zero-order valence-electron chi connectivity index (χ0n) is 11.5. The van der Waals surface area contributed by atoms with Crippen LogP contribution in [0.25, 0.3) is 0 Å². The fraction of sp³-hybridized carbons (Fsp3) is 0.615. The van der Waals surface area contributed by atoms with Gasteiger partial charge in [-0.25, -0.2) is 9.78 Å². The smallest absolute Gasteiger partial charge is 0.358 e. The monoisotopic (exact) mass is 265 g/mol. The van der Waals surface area contributed by atoms with E-state index in [1.165, 1.54) is 13.3 Å². The first-order chi connectivity index (χ1) is 9.08. The van der Waals surface area contributed by atoms with Crippen molar-refractivity contribution < 1.29 is 14.3 Å². The second-order valence-corrected chi connectivity index (χ2v) is 4.93. The molecule has 0 N–H and O–H groups in total. The van der Waals surface area contributed by atoms with Crippen molar-refractivity contribution in [1.29, 1.82) is 0 Å². The van der Waals surface area contributed by atoms with Crippen LogP contribution in [-0.2, 0) is 9.47 Å². The van der Waals surface area contributed by atoms with E-state index >= 15 is 0 Å². The molecule has 0 aliphatic carbocycles. The van der Waals surface area contributed by atoms with Gasteiger partial charge in [-0.05, 0) is 19.8 Å². The topological polar surface area (TPSA) is 64.5 Å². The zero-order valence-corrected chi connectivity index (χ0v) is 11.5. The van der Waals surface area contributed by atoms with Gasteiger partial charge < -0.3 is 14.4 Å². The molecule has 0 amide bonds. The van der Waals surface area contributed by atoms with Crippen molar-refractivity contribution in [2.75, 3.05) is 32.2 Å². The Hall–Kier alpha value is -1.69. The van der Waals surface area contributed by atoms with Crippen molar-refractivity contribution in [3.63, 3.8) is 0 Å². The maximum absolute atomic E-state index is 11.5. The van der Waals surface area contributed by atoms with Gasteiger partial charge in [0.2, 0.25) is 0 Å². The molecule has 2 rings (SSSR count). The van der Waals surface area contributed by atoms with Crippen LogP contribution in [0, 0.1) is 0 Å². The summed E-state index contributed by atoms with van der Waals surface area (Å²) in [4.78, 5) is 21.9. The van der Waals surface area contributed by atoms with Crippen molar-refractivity contribution >= 4 is 11.8 Å². The second kappa shape index (κ2) is 5.52. The van der Waals surface area contributed by atoms with Crippen LogP contribution in [0.4, 0.5) is 5.82 Å². The molecule has 2 heterocycles. The number of nitrogens with zero attached hydrogens (tertiary/aromatic N) is 3. The zero-order chi connectivity index (χ0) is 13.9. The van der Waals surface area contributed by atoms with Crippen LogP contribution in [0.5, 0.6) is 0 Å². The van der Waals surface area contributed by atoms with E-state index in [1.807, 2.05) is 0 Å². The van der Waals surface area contributed by atoms with Crippen LogP contribution in [0.2, 0.25) is 0 Å². The molecule has 1 aromatic rings. The Morgan fingerprint density at radius 3 is 2.89 bits per heavy atom. The van der Waals surface area contributed by atoms with Gasteiger partial charge in [-0.15, -0.1) is 0 Å². The van der Waals surface area contributed by atoms with Gasteiger partial charge in [-0.1, -0.05) is 0 Å². The van der Waals surface area contributed by atoms with Crippen LogP contribution in [0.1, 0.15) is 30.3 Å². The molecule has 1 saturated heterocycles. The Labute approximate surface area is 112 Å². The minimum absolute atomic E-state index is 0.179. The third kappa shape index (κ3) is 3.01. The van der Waals surface area contributed by atoms with Crippen molar-refractivity contribution in [3.05, 3.63) is 18.1 Å². The van der Waals surface area contributed by atoms with Gasteiger partial charge >= 0.3 is 5.97 Å². The number of piperidine rings is 1. The maximum atomic E-state index is 11.5. The molecule has 1 atom stereocenters. The summed E-state index contributed by atoms with van der Waals surface area (Å²) in [5, 5.41) is 0. The number of ether oxygens (including phenoxy) is 2. The fourth-order valence-electron chi connectivity index (χ4n) is 2.28. The normalized spacial score (nSPS) is 23.2. The molecular weight excluding hydrogens is 246 g/mol. The number of methoxy groups -OCH3 is 2. The van der Waals surface area contributed by atoms with Gasteiger partial charge in [-0.3, -0.25) is 4.98 Å². The molecule has 6 heteroatoms. The number of rotatable bonds is 3. The highest BCUT2D eigenvalue weighted by atomic mass is 16.5. The molecule has 0 radical (unpaired) electrons. The van der Waals surface area contributed by atoms with Crippen molar-refractivity contribution in [3.8, 4) is 0 Å². The molecular formula is C13H19N3O3. The Bertz CT molecular complexity index is 466. The molecule has 104 valence electrons. The van der Waals surface area contributed by atoms with Crippen LogP contribution in [0.3, 0.4) is 0 Å². The van der Waals surface area contributed by atoms with E-state index < -0.39 is 5.97 Å². The minimum atomic E-state index is -0.471. The van der Waals surface area contributed by atoms with Gasteiger partial charge in [0.05, 0.1) is 25.1 Å². The van der Waals surface area contributed by atoms with E-state index in [2.05, 4.69) is 26.5 Å². The van der Waals surface area contributed by atoms with Crippen LogP contribution >= 0.6 is 0 Å². The lowest BCUT2D eigenvalue weighted by Crippen LogP contribution is -2.47. The summed E-state index contributed by atoms with van der Waals surface area (Å²) in [5.74, 6) is 0.215. The number of esters is 1. The molecule has 6 nitrogen and oxygen atoms in total. The van der Waals surface area contributed by atoms with E-state index in [0.717, 1.165) is 25.9 Å². The lowest BCUT2D eigenvalue weighted by Gasteiger charge is -2.39.